The van der Waals surface area contributed by atoms with Crippen molar-refractivity contribution in [1.82, 2.24) is 0 Å². The molecule has 38 heavy (non-hydrogen) atoms. The van der Waals surface area contributed by atoms with Crippen molar-refractivity contribution in [3.8, 4) is 33.8 Å². The summed E-state index contributed by atoms with van der Waals surface area (Å²) >= 11 is 0. The highest BCUT2D eigenvalue weighted by Gasteiger charge is 2.20. The molecule has 0 aliphatic carbocycles. The highest BCUT2D eigenvalue weighted by atomic mass is 16.5. The molecule has 0 N–H and O–H groups in total. The van der Waals surface area contributed by atoms with E-state index in [4.69, 9.17) is 9.47 Å². The second-order valence-corrected chi connectivity index (χ2v) is 9.14. The Morgan fingerprint density at radius 3 is 1.21 bits per heavy atom. The zero-order chi connectivity index (χ0) is 26.1. The SMILES string of the molecule is COc1ccccc1-c1ccc(C(=O)c2ccc(-c3ccccc3OC)c3ccccc23)c2ccccc12. The molecular weight excluding hydrogens is 468 g/mol. The summed E-state index contributed by atoms with van der Waals surface area (Å²) in [4.78, 5) is 14.2. The van der Waals surface area contributed by atoms with Crippen LogP contribution in [0.1, 0.15) is 15.9 Å². The number of carbonyl (C=O) groups is 1. The summed E-state index contributed by atoms with van der Waals surface area (Å²) in [5.74, 6) is 1.60. The largest absolute Gasteiger partial charge is 0.496 e. The predicted molar refractivity (Wildman–Crippen MR) is 155 cm³/mol. The number of hydrogen-bond donors (Lipinski definition) is 0. The van der Waals surface area contributed by atoms with Gasteiger partial charge in [0.05, 0.1) is 14.2 Å². The number of ether oxygens (including phenoxy) is 2. The van der Waals surface area contributed by atoms with E-state index < -0.39 is 0 Å². The standard InChI is InChI=1S/C35H26O3/c1-37-33-17-9-7-15-29(33)27-19-21-31(25-13-5-3-11-23(25)27)35(36)32-22-20-28(24-12-4-6-14-26(24)32)30-16-8-10-18-34(30)38-2/h3-22H,1-2H3. The summed E-state index contributed by atoms with van der Waals surface area (Å²) < 4.78 is 11.3. The van der Waals surface area contributed by atoms with Crippen LogP contribution in [0.4, 0.5) is 0 Å². The van der Waals surface area contributed by atoms with E-state index in [-0.39, 0.29) is 5.78 Å². The summed E-state index contributed by atoms with van der Waals surface area (Å²) in [5.41, 5.74) is 5.41. The lowest BCUT2D eigenvalue weighted by atomic mass is 9.88. The van der Waals surface area contributed by atoms with Crippen molar-refractivity contribution in [2.75, 3.05) is 14.2 Å². The molecule has 0 radical (unpaired) electrons. The van der Waals surface area contributed by atoms with Crippen LogP contribution < -0.4 is 9.47 Å². The molecule has 0 aromatic heterocycles. The first-order valence-electron chi connectivity index (χ1n) is 12.6. The first-order chi connectivity index (χ1) is 18.7. The van der Waals surface area contributed by atoms with Crippen LogP contribution in [0, 0.1) is 0 Å². The Balaban J connectivity index is 1.53. The van der Waals surface area contributed by atoms with Crippen molar-refractivity contribution in [3.63, 3.8) is 0 Å². The van der Waals surface area contributed by atoms with Gasteiger partial charge in [0.25, 0.3) is 0 Å². The average molecular weight is 495 g/mol. The molecule has 0 amide bonds. The van der Waals surface area contributed by atoms with Gasteiger partial charge >= 0.3 is 0 Å². The number of benzene rings is 6. The third-order valence-electron chi connectivity index (χ3n) is 7.13. The topological polar surface area (TPSA) is 35.5 Å². The normalized spacial score (nSPS) is 11.0. The Hall–Kier alpha value is -4.89. The molecule has 0 saturated heterocycles. The molecule has 0 spiro atoms. The molecule has 0 aliphatic heterocycles. The average Bonchev–Trinajstić information content (AvgIpc) is 2.99. The fraction of sp³-hybridized carbons (Fsp3) is 0.0571. The van der Waals surface area contributed by atoms with Crippen molar-refractivity contribution < 1.29 is 14.3 Å². The summed E-state index contributed by atoms with van der Waals surface area (Å²) in [6, 6.07) is 40.0. The van der Waals surface area contributed by atoms with Crippen LogP contribution >= 0.6 is 0 Å². The quantitative estimate of drug-likeness (QED) is 0.218. The number of carbonyl (C=O) groups excluding carboxylic acids is 1. The van der Waals surface area contributed by atoms with Gasteiger partial charge in [-0.3, -0.25) is 4.79 Å². The molecule has 6 aromatic rings. The molecule has 0 unspecified atom stereocenters. The van der Waals surface area contributed by atoms with E-state index in [0.29, 0.717) is 11.1 Å². The van der Waals surface area contributed by atoms with Crippen LogP contribution in [0.3, 0.4) is 0 Å². The molecule has 0 aliphatic rings. The fourth-order valence-corrected chi connectivity index (χ4v) is 5.34. The minimum absolute atomic E-state index is 0.00412. The van der Waals surface area contributed by atoms with Crippen LogP contribution in [0.15, 0.2) is 121 Å². The smallest absolute Gasteiger partial charge is 0.194 e. The van der Waals surface area contributed by atoms with Gasteiger partial charge in [-0.2, -0.15) is 0 Å². The van der Waals surface area contributed by atoms with Gasteiger partial charge in [-0.15, -0.1) is 0 Å². The van der Waals surface area contributed by atoms with Gasteiger partial charge in [0.1, 0.15) is 11.5 Å². The van der Waals surface area contributed by atoms with E-state index in [1.54, 1.807) is 14.2 Å². The summed E-state index contributed by atoms with van der Waals surface area (Å²) in [6.45, 7) is 0. The summed E-state index contributed by atoms with van der Waals surface area (Å²) in [5, 5.41) is 3.85. The number of ketones is 1. The third kappa shape index (κ3) is 3.89. The number of fused-ring (bicyclic) bond motifs is 2. The Kier molecular flexibility index (Phi) is 6.11. The minimum Gasteiger partial charge on any atom is -0.496 e. The first-order valence-corrected chi connectivity index (χ1v) is 12.6. The molecule has 184 valence electrons. The maximum Gasteiger partial charge on any atom is 0.194 e. The molecule has 6 aromatic carbocycles. The van der Waals surface area contributed by atoms with E-state index in [1.165, 1.54) is 0 Å². The Morgan fingerprint density at radius 1 is 0.421 bits per heavy atom. The molecule has 0 bridgehead atoms. The number of methoxy groups -OCH3 is 2. The van der Waals surface area contributed by atoms with Crippen molar-refractivity contribution in [1.29, 1.82) is 0 Å². The van der Waals surface area contributed by atoms with E-state index >= 15 is 0 Å². The van der Waals surface area contributed by atoms with Gasteiger partial charge in [0.15, 0.2) is 5.78 Å². The Labute approximate surface area is 221 Å². The molecule has 0 fully saturated rings. The lowest BCUT2D eigenvalue weighted by molar-refractivity contribution is 0.104. The first kappa shape index (κ1) is 23.5. The Bertz CT molecular complexity index is 1680. The lowest BCUT2D eigenvalue weighted by Crippen LogP contribution is -2.04. The van der Waals surface area contributed by atoms with Gasteiger partial charge in [-0.25, -0.2) is 0 Å². The molecule has 3 heteroatoms. The maximum atomic E-state index is 14.2. The highest BCUT2D eigenvalue weighted by Crippen LogP contribution is 2.39. The van der Waals surface area contributed by atoms with Gasteiger partial charge in [0, 0.05) is 22.3 Å². The molecular formula is C35H26O3. The zero-order valence-corrected chi connectivity index (χ0v) is 21.3. The van der Waals surface area contributed by atoms with Crippen LogP contribution in [0.5, 0.6) is 11.5 Å². The van der Waals surface area contributed by atoms with Crippen LogP contribution in [-0.2, 0) is 0 Å². The second-order valence-electron chi connectivity index (χ2n) is 9.14. The van der Waals surface area contributed by atoms with Gasteiger partial charge < -0.3 is 9.47 Å². The van der Waals surface area contributed by atoms with Gasteiger partial charge in [0.2, 0.25) is 0 Å². The Morgan fingerprint density at radius 2 is 0.789 bits per heavy atom. The van der Waals surface area contributed by atoms with Crippen molar-refractivity contribution >= 4 is 27.3 Å². The third-order valence-corrected chi connectivity index (χ3v) is 7.13. The molecule has 0 saturated carbocycles. The second kappa shape index (κ2) is 9.87. The number of hydrogen-bond acceptors (Lipinski definition) is 3. The van der Waals surface area contributed by atoms with Crippen LogP contribution in [0.25, 0.3) is 43.8 Å². The van der Waals surface area contributed by atoms with E-state index in [9.17, 15) is 4.79 Å². The zero-order valence-electron chi connectivity index (χ0n) is 21.3. The van der Waals surface area contributed by atoms with E-state index in [0.717, 1.165) is 55.3 Å². The number of rotatable bonds is 6. The van der Waals surface area contributed by atoms with Crippen molar-refractivity contribution in [2.24, 2.45) is 0 Å². The van der Waals surface area contributed by atoms with Crippen LogP contribution in [0.2, 0.25) is 0 Å². The molecule has 3 nitrogen and oxygen atoms in total. The van der Waals surface area contributed by atoms with Crippen molar-refractivity contribution in [3.05, 3.63) is 132 Å². The summed E-state index contributed by atoms with van der Waals surface area (Å²) in [6.07, 6.45) is 0. The van der Waals surface area contributed by atoms with Gasteiger partial charge in [-0.05, 0) is 56.9 Å². The summed E-state index contributed by atoms with van der Waals surface area (Å²) in [7, 11) is 3.36. The molecule has 0 atom stereocenters. The molecule has 0 heterocycles. The predicted octanol–water partition coefficient (Wildman–Crippen LogP) is 8.58. The number of para-hydroxylation sites is 2. The monoisotopic (exact) mass is 494 g/mol. The molecule has 6 rings (SSSR count). The van der Waals surface area contributed by atoms with Crippen LogP contribution in [-0.4, -0.2) is 20.0 Å². The minimum atomic E-state index is -0.00412. The highest BCUT2D eigenvalue weighted by molar-refractivity contribution is 6.23. The fourth-order valence-electron chi connectivity index (χ4n) is 5.34. The van der Waals surface area contributed by atoms with Gasteiger partial charge in [-0.1, -0.05) is 97.1 Å². The van der Waals surface area contributed by atoms with E-state index in [1.807, 2.05) is 109 Å². The lowest BCUT2D eigenvalue weighted by Gasteiger charge is -2.16. The maximum absolute atomic E-state index is 14.2. The van der Waals surface area contributed by atoms with E-state index in [2.05, 4.69) is 12.1 Å². The van der Waals surface area contributed by atoms with Crippen molar-refractivity contribution in [2.45, 2.75) is 0 Å².